The van der Waals surface area contributed by atoms with Crippen LogP contribution in [-0.2, 0) is 26.6 Å². The van der Waals surface area contributed by atoms with Crippen molar-refractivity contribution >= 4 is 31.6 Å². The lowest BCUT2D eigenvalue weighted by Crippen LogP contribution is -2.41. The maximum Gasteiger partial charge on any atom is 0.258 e. The van der Waals surface area contributed by atoms with Gasteiger partial charge in [0.1, 0.15) is 11.5 Å². The highest BCUT2D eigenvalue weighted by Gasteiger charge is 2.50. The standard InChI is InChI=1S/C17H27N5O5S2/c1-21(2)12-13-7-5-8-14(11-13)27-10-6-9-19-16-15(18)17(28(23,24)20-16)29(25,26)22(3)4/h5,7-8,11,17-18H,6,9-10,12H2,1-4H3,(H,19,20). The number of nitrogens with zero attached hydrogens (tertiary/aromatic N) is 3. The van der Waals surface area contributed by atoms with Crippen molar-refractivity contribution in [2.75, 3.05) is 41.3 Å². The highest BCUT2D eigenvalue weighted by molar-refractivity contribution is 8.09. The van der Waals surface area contributed by atoms with Gasteiger partial charge in [-0.1, -0.05) is 12.1 Å². The van der Waals surface area contributed by atoms with Crippen LogP contribution in [0.5, 0.6) is 5.75 Å². The van der Waals surface area contributed by atoms with Crippen LogP contribution in [0.15, 0.2) is 29.3 Å². The van der Waals surface area contributed by atoms with Crippen molar-refractivity contribution in [1.29, 1.82) is 5.41 Å². The molecule has 0 amide bonds. The van der Waals surface area contributed by atoms with Gasteiger partial charge in [-0.2, -0.15) is 0 Å². The number of aliphatic imine (C=N–C) groups is 1. The number of sulfonamides is 2. The first kappa shape index (κ1) is 23.3. The summed E-state index contributed by atoms with van der Waals surface area (Å²) < 4.78 is 55.3. The Morgan fingerprint density at radius 1 is 1.24 bits per heavy atom. The first-order chi connectivity index (χ1) is 13.4. The lowest BCUT2D eigenvalue weighted by Gasteiger charge is -2.15. The molecular weight excluding hydrogens is 418 g/mol. The summed E-state index contributed by atoms with van der Waals surface area (Å²) in [6.45, 7) is 1.33. The minimum atomic E-state index is -4.26. The van der Waals surface area contributed by atoms with E-state index in [9.17, 15) is 16.8 Å². The van der Waals surface area contributed by atoms with Crippen molar-refractivity contribution in [3.8, 4) is 5.75 Å². The number of hydrogen-bond acceptors (Lipinski definition) is 8. The molecule has 0 aliphatic carbocycles. The molecule has 1 aliphatic heterocycles. The molecule has 29 heavy (non-hydrogen) atoms. The molecule has 1 fully saturated rings. The number of rotatable bonds is 9. The smallest absolute Gasteiger partial charge is 0.258 e. The van der Waals surface area contributed by atoms with Gasteiger partial charge in [0.2, 0.25) is 14.6 Å². The molecule has 1 aromatic rings. The summed E-state index contributed by atoms with van der Waals surface area (Å²) in [5.41, 5.74) is 0.547. The third kappa shape index (κ3) is 5.75. The lowest BCUT2D eigenvalue weighted by molar-refractivity contribution is 0.312. The Labute approximate surface area is 172 Å². The van der Waals surface area contributed by atoms with Gasteiger partial charge < -0.3 is 9.64 Å². The van der Waals surface area contributed by atoms with Gasteiger partial charge in [0.15, 0.2) is 5.84 Å². The van der Waals surface area contributed by atoms with Crippen LogP contribution in [0.25, 0.3) is 0 Å². The van der Waals surface area contributed by atoms with E-state index in [4.69, 9.17) is 10.1 Å². The van der Waals surface area contributed by atoms with Crippen molar-refractivity contribution in [2.45, 2.75) is 17.5 Å². The van der Waals surface area contributed by atoms with Crippen molar-refractivity contribution in [2.24, 2.45) is 4.99 Å². The van der Waals surface area contributed by atoms with Crippen molar-refractivity contribution < 1.29 is 21.6 Å². The SMILES string of the molecule is CN(C)Cc1cccc(OCCCN=C2NS(=O)(=O)C(S(=O)(=O)N(C)C)C2=N)c1. The minimum Gasteiger partial charge on any atom is -0.494 e. The lowest BCUT2D eigenvalue weighted by atomic mass is 10.2. The average molecular weight is 446 g/mol. The fourth-order valence-electron chi connectivity index (χ4n) is 2.67. The topological polar surface area (TPSA) is 132 Å². The molecule has 0 spiro atoms. The molecule has 1 saturated heterocycles. The van der Waals surface area contributed by atoms with Gasteiger partial charge in [0.25, 0.3) is 10.0 Å². The molecule has 2 N–H and O–H groups in total. The van der Waals surface area contributed by atoms with E-state index < -0.39 is 30.3 Å². The summed E-state index contributed by atoms with van der Waals surface area (Å²) in [4.78, 5) is 6.10. The molecule has 162 valence electrons. The van der Waals surface area contributed by atoms with Crippen molar-refractivity contribution in [3.63, 3.8) is 0 Å². The first-order valence-corrected chi connectivity index (χ1v) is 11.9. The molecule has 0 bridgehead atoms. The molecule has 1 atom stereocenters. The summed E-state index contributed by atoms with van der Waals surface area (Å²) >= 11 is 0. The predicted molar refractivity (Wildman–Crippen MR) is 112 cm³/mol. The summed E-state index contributed by atoms with van der Waals surface area (Å²) in [6.07, 6.45) is 0.474. The van der Waals surface area contributed by atoms with Gasteiger partial charge in [-0.15, -0.1) is 0 Å². The number of nitrogens with one attached hydrogen (secondary N) is 2. The van der Waals surface area contributed by atoms with E-state index in [0.29, 0.717) is 13.0 Å². The van der Waals surface area contributed by atoms with Crippen LogP contribution >= 0.6 is 0 Å². The Hall–Kier alpha value is -2.02. The van der Waals surface area contributed by atoms with Crippen LogP contribution in [0, 0.1) is 5.41 Å². The molecule has 0 aromatic heterocycles. The van der Waals surface area contributed by atoms with Gasteiger partial charge in [-0.25, -0.2) is 21.1 Å². The fourth-order valence-corrected chi connectivity index (χ4v) is 6.38. The molecule has 0 saturated carbocycles. The fraction of sp³-hybridized carbons (Fsp3) is 0.529. The number of ether oxygens (including phenoxy) is 1. The number of benzene rings is 1. The van der Waals surface area contributed by atoms with Crippen LogP contribution < -0.4 is 9.46 Å². The van der Waals surface area contributed by atoms with E-state index in [2.05, 4.69) is 14.6 Å². The Morgan fingerprint density at radius 2 is 1.93 bits per heavy atom. The van der Waals surface area contributed by atoms with Crippen LogP contribution in [0.2, 0.25) is 0 Å². The highest BCUT2D eigenvalue weighted by Crippen LogP contribution is 2.19. The van der Waals surface area contributed by atoms with E-state index in [-0.39, 0.29) is 12.4 Å². The Bertz CT molecular complexity index is 987. The van der Waals surface area contributed by atoms with E-state index in [1.165, 1.54) is 14.1 Å². The Morgan fingerprint density at radius 3 is 2.55 bits per heavy atom. The van der Waals surface area contributed by atoms with Crippen molar-refractivity contribution in [3.05, 3.63) is 29.8 Å². The molecule has 0 radical (unpaired) electrons. The molecular formula is C17H27N5O5S2. The maximum absolute atomic E-state index is 12.2. The number of hydrogen-bond donors (Lipinski definition) is 2. The highest BCUT2D eigenvalue weighted by atomic mass is 32.3. The van der Waals surface area contributed by atoms with E-state index in [1.54, 1.807) is 0 Å². The first-order valence-electron chi connectivity index (χ1n) is 8.88. The second kappa shape index (κ2) is 9.20. The van der Waals surface area contributed by atoms with Gasteiger partial charge in [0, 0.05) is 33.6 Å². The van der Waals surface area contributed by atoms with E-state index >= 15 is 0 Å². The van der Waals surface area contributed by atoms with Crippen LogP contribution in [0.1, 0.15) is 12.0 Å². The van der Waals surface area contributed by atoms with Gasteiger partial charge in [0.05, 0.1) is 6.61 Å². The molecule has 10 nitrogen and oxygen atoms in total. The monoisotopic (exact) mass is 445 g/mol. The normalized spacial score (nSPS) is 20.4. The van der Waals surface area contributed by atoms with E-state index in [0.717, 1.165) is 22.2 Å². The van der Waals surface area contributed by atoms with Gasteiger partial charge in [-0.05, 0) is 31.8 Å². The Kier molecular flexibility index (Phi) is 7.38. The summed E-state index contributed by atoms with van der Waals surface area (Å²) in [5.74, 6) is 0.483. The molecule has 1 unspecified atom stereocenters. The molecule has 1 aromatic carbocycles. The zero-order valence-corrected chi connectivity index (χ0v) is 18.5. The van der Waals surface area contributed by atoms with Gasteiger partial charge >= 0.3 is 0 Å². The zero-order valence-electron chi connectivity index (χ0n) is 16.9. The van der Waals surface area contributed by atoms with Crippen LogP contribution in [0.3, 0.4) is 0 Å². The quantitative estimate of drug-likeness (QED) is 0.518. The second-order valence-electron chi connectivity index (χ2n) is 7.04. The number of amidine groups is 1. The molecule has 1 aliphatic rings. The summed E-state index contributed by atoms with van der Waals surface area (Å²) in [5, 5.41) is 7.95. The summed E-state index contributed by atoms with van der Waals surface area (Å²) in [6, 6.07) is 7.72. The van der Waals surface area contributed by atoms with Gasteiger partial charge in [-0.3, -0.25) is 15.1 Å². The molecule has 2 rings (SSSR count). The van der Waals surface area contributed by atoms with Crippen molar-refractivity contribution in [1.82, 2.24) is 13.9 Å². The zero-order chi connectivity index (χ0) is 21.8. The Balaban J connectivity index is 1.94. The third-order valence-electron chi connectivity index (χ3n) is 4.03. The maximum atomic E-state index is 12.2. The van der Waals surface area contributed by atoms with Crippen LogP contribution in [-0.4, -0.2) is 83.5 Å². The third-order valence-corrected chi connectivity index (χ3v) is 8.59. The second-order valence-corrected chi connectivity index (χ2v) is 11.3. The predicted octanol–water partition coefficient (Wildman–Crippen LogP) is 0.0859. The summed E-state index contributed by atoms with van der Waals surface area (Å²) in [7, 11) is -2.06. The minimum absolute atomic E-state index is 0.187. The van der Waals surface area contributed by atoms with Crippen LogP contribution in [0.4, 0.5) is 0 Å². The van der Waals surface area contributed by atoms with E-state index in [1.807, 2.05) is 38.4 Å². The average Bonchev–Trinajstić information content (AvgIpc) is 2.83. The molecule has 1 heterocycles. The molecule has 12 heteroatoms. The largest absolute Gasteiger partial charge is 0.494 e.